The Kier molecular flexibility index (Phi) is 13.9. The van der Waals surface area contributed by atoms with Crippen LogP contribution in [0, 0.1) is 0 Å². The summed E-state index contributed by atoms with van der Waals surface area (Å²) in [5.41, 5.74) is 8.21. The van der Waals surface area contributed by atoms with E-state index in [1.54, 1.807) is 11.0 Å². The van der Waals surface area contributed by atoms with Crippen LogP contribution >= 0.6 is 11.6 Å². The summed E-state index contributed by atoms with van der Waals surface area (Å²) >= 11 is 6.33. The van der Waals surface area contributed by atoms with Gasteiger partial charge in [0.15, 0.2) is 0 Å². The maximum atomic E-state index is 13.1. The summed E-state index contributed by atoms with van der Waals surface area (Å²) in [5.74, 6) is 0.697. The standard InChI is InChI=1S/C47H52ClN5O5/c48-25-24-38(34-11-4-1-5-12-34)45(35-13-6-2-7-14-35)36-18-20-37(21-19-36)58-32-31-51-27-29-52(30-28-51)44(55)17-8-3-9-26-49-41-16-10-15-39-40(41)33-53(47(39)57)42-22-23-43(54)50-46(42)56/h1-2,4-7,10-16,18-21,42,49H,3,8-9,17,22-33H2,(H,50,54,56). The molecular formula is C47H52ClN5O5. The van der Waals surface area contributed by atoms with Gasteiger partial charge in [-0.2, -0.15) is 0 Å². The number of hydrogen-bond donors (Lipinski definition) is 2. The highest BCUT2D eigenvalue weighted by molar-refractivity contribution is 6.18. The van der Waals surface area contributed by atoms with Crippen molar-refractivity contribution in [3.8, 4) is 5.75 Å². The SMILES string of the molecule is O=C1CCC(N2Cc3c(NCCCCCC(=O)N4CCN(CCOc5ccc(C(=C(CCCl)c6ccccc6)c6ccccc6)cc5)CC4)cccc3C2=O)C(=O)N1. The molecule has 0 spiro atoms. The number of ether oxygens (including phenoxy) is 1. The average molecular weight is 802 g/mol. The number of hydrogen-bond acceptors (Lipinski definition) is 7. The van der Waals surface area contributed by atoms with Crippen LogP contribution in [0.3, 0.4) is 0 Å². The van der Waals surface area contributed by atoms with Crippen LogP contribution in [0.25, 0.3) is 11.1 Å². The third kappa shape index (κ3) is 9.97. The number of piperidine rings is 1. The molecule has 0 saturated carbocycles. The topological polar surface area (TPSA) is 111 Å². The van der Waals surface area contributed by atoms with Gasteiger partial charge >= 0.3 is 0 Å². The second-order valence-electron chi connectivity index (χ2n) is 15.1. The zero-order valence-electron chi connectivity index (χ0n) is 33.0. The van der Waals surface area contributed by atoms with Crippen LogP contribution < -0.4 is 15.4 Å². The Hall–Kier alpha value is -5.45. The second-order valence-corrected chi connectivity index (χ2v) is 15.5. The summed E-state index contributed by atoms with van der Waals surface area (Å²) in [6.07, 6.45) is 4.50. The maximum absolute atomic E-state index is 13.1. The first kappa shape index (κ1) is 40.7. The van der Waals surface area contributed by atoms with Crippen molar-refractivity contribution >= 4 is 52.1 Å². The zero-order valence-corrected chi connectivity index (χ0v) is 33.7. The number of nitrogens with zero attached hydrogens (tertiary/aromatic N) is 3. The molecule has 1 unspecified atom stereocenters. The van der Waals surface area contributed by atoms with E-state index in [4.69, 9.17) is 16.3 Å². The highest BCUT2D eigenvalue weighted by Gasteiger charge is 2.39. The molecule has 3 heterocycles. The minimum absolute atomic E-state index is 0.175. The predicted molar refractivity (Wildman–Crippen MR) is 229 cm³/mol. The Labute approximate surface area is 346 Å². The van der Waals surface area contributed by atoms with Crippen molar-refractivity contribution in [3.05, 3.63) is 131 Å². The Morgan fingerprint density at radius 2 is 1.48 bits per heavy atom. The van der Waals surface area contributed by atoms with Crippen LogP contribution in [-0.2, 0) is 20.9 Å². The molecule has 58 heavy (non-hydrogen) atoms. The first-order chi connectivity index (χ1) is 28.4. The fraction of sp³-hybridized carbons (Fsp3) is 0.362. The number of nitrogens with one attached hydrogen (secondary N) is 2. The van der Waals surface area contributed by atoms with Gasteiger partial charge in [-0.1, -0.05) is 85.3 Å². The molecule has 0 aliphatic carbocycles. The lowest BCUT2D eigenvalue weighted by Gasteiger charge is -2.34. The summed E-state index contributed by atoms with van der Waals surface area (Å²) in [6, 6.07) is 34.3. The third-order valence-corrected chi connectivity index (χ3v) is 11.5. The molecule has 3 aliphatic rings. The Balaban J connectivity index is 0.808. The number of alkyl halides is 1. The van der Waals surface area contributed by atoms with Gasteiger partial charge in [-0.15, -0.1) is 11.6 Å². The summed E-state index contributed by atoms with van der Waals surface area (Å²) in [5, 5.41) is 5.82. The van der Waals surface area contributed by atoms with E-state index in [1.165, 1.54) is 16.7 Å². The highest BCUT2D eigenvalue weighted by atomic mass is 35.5. The molecule has 302 valence electrons. The van der Waals surface area contributed by atoms with Crippen LogP contribution in [-0.4, -0.2) is 96.1 Å². The predicted octanol–water partition coefficient (Wildman–Crippen LogP) is 7.23. The van der Waals surface area contributed by atoms with E-state index in [0.717, 1.165) is 93.1 Å². The van der Waals surface area contributed by atoms with Crippen LogP contribution in [0.4, 0.5) is 5.69 Å². The monoisotopic (exact) mass is 801 g/mol. The molecule has 4 aromatic rings. The van der Waals surface area contributed by atoms with Crippen LogP contribution in [0.5, 0.6) is 5.75 Å². The van der Waals surface area contributed by atoms with E-state index >= 15 is 0 Å². The van der Waals surface area contributed by atoms with E-state index in [9.17, 15) is 19.2 Å². The molecular weight excluding hydrogens is 750 g/mol. The van der Waals surface area contributed by atoms with Gasteiger partial charge in [-0.3, -0.25) is 29.4 Å². The number of rotatable bonds is 17. The van der Waals surface area contributed by atoms with Gasteiger partial charge in [0.25, 0.3) is 5.91 Å². The van der Waals surface area contributed by atoms with Gasteiger partial charge in [0, 0.05) is 81.3 Å². The van der Waals surface area contributed by atoms with Gasteiger partial charge in [-0.05, 0) is 77.8 Å². The summed E-state index contributed by atoms with van der Waals surface area (Å²) in [6.45, 7) is 5.55. The Bertz CT molecular complexity index is 2080. The van der Waals surface area contributed by atoms with Crippen molar-refractivity contribution in [1.29, 1.82) is 0 Å². The zero-order chi connectivity index (χ0) is 40.3. The second kappa shape index (κ2) is 19.8. The Morgan fingerprint density at radius 1 is 0.776 bits per heavy atom. The average Bonchev–Trinajstić information content (AvgIpc) is 3.59. The van der Waals surface area contributed by atoms with Gasteiger partial charge in [0.1, 0.15) is 18.4 Å². The fourth-order valence-electron chi connectivity index (χ4n) is 8.21. The number of unbranched alkanes of at least 4 members (excludes halogenated alkanes) is 2. The molecule has 0 aromatic heterocycles. The molecule has 2 fully saturated rings. The molecule has 2 saturated heterocycles. The number of allylic oxidation sites excluding steroid dienone is 1. The van der Waals surface area contributed by atoms with Crippen LogP contribution in [0.15, 0.2) is 103 Å². The first-order valence-corrected chi connectivity index (χ1v) is 21.1. The molecule has 0 radical (unpaired) electrons. The van der Waals surface area contributed by atoms with Gasteiger partial charge in [0.05, 0.1) is 0 Å². The summed E-state index contributed by atoms with van der Waals surface area (Å²) < 4.78 is 6.19. The highest BCUT2D eigenvalue weighted by Crippen LogP contribution is 2.36. The van der Waals surface area contributed by atoms with Gasteiger partial charge in [0.2, 0.25) is 17.7 Å². The van der Waals surface area contributed by atoms with Crippen molar-refractivity contribution in [3.63, 3.8) is 0 Å². The van der Waals surface area contributed by atoms with Crippen LogP contribution in [0.2, 0.25) is 0 Å². The number of benzene rings is 4. The van der Waals surface area contributed by atoms with E-state index in [-0.39, 0.29) is 24.1 Å². The summed E-state index contributed by atoms with van der Waals surface area (Å²) in [4.78, 5) is 56.1. The number of imide groups is 1. The van der Waals surface area contributed by atoms with E-state index in [0.29, 0.717) is 37.4 Å². The summed E-state index contributed by atoms with van der Waals surface area (Å²) in [7, 11) is 0. The number of halogens is 1. The molecule has 3 aliphatic heterocycles. The van der Waals surface area contributed by atoms with Gasteiger partial charge < -0.3 is 19.9 Å². The van der Waals surface area contributed by atoms with Crippen molar-refractivity contribution < 1.29 is 23.9 Å². The van der Waals surface area contributed by atoms with Crippen LogP contribution in [0.1, 0.15) is 77.6 Å². The van der Waals surface area contributed by atoms with Gasteiger partial charge in [-0.25, -0.2) is 0 Å². The first-order valence-electron chi connectivity index (χ1n) is 20.5. The quantitative estimate of drug-likeness (QED) is 0.0502. The normalized spacial score (nSPS) is 17.5. The molecule has 11 heteroatoms. The lowest BCUT2D eigenvalue weighted by Crippen LogP contribution is -2.52. The number of carbonyl (C=O) groups excluding carboxylic acids is 4. The molecule has 4 aromatic carbocycles. The van der Waals surface area contributed by atoms with Crippen molar-refractivity contribution in [2.45, 2.75) is 57.5 Å². The van der Waals surface area contributed by atoms with Crippen molar-refractivity contribution in [2.24, 2.45) is 0 Å². The molecule has 10 nitrogen and oxygen atoms in total. The Morgan fingerprint density at radius 3 is 2.19 bits per heavy atom. The van der Waals surface area contributed by atoms with Crippen molar-refractivity contribution in [2.75, 3.05) is 57.1 Å². The molecule has 7 rings (SSSR count). The maximum Gasteiger partial charge on any atom is 0.255 e. The smallest absolute Gasteiger partial charge is 0.255 e. The minimum Gasteiger partial charge on any atom is -0.492 e. The number of carbonyl (C=O) groups is 4. The largest absolute Gasteiger partial charge is 0.492 e. The molecule has 2 N–H and O–H groups in total. The van der Waals surface area contributed by atoms with E-state index < -0.39 is 11.9 Å². The van der Waals surface area contributed by atoms with Crippen molar-refractivity contribution in [1.82, 2.24) is 20.0 Å². The minimum atomic E-state index is -0.631. The molecule has 4 amide bonds. The molecule has 0 bridgehead atoms. The number of fused-ring (bicyclic) bond motifs is 1. The number of piperazine rings is 1. The lowest BCUT2D eigenvalue weighted by atomic mass is 9.88. The van der Waals surface area contributed by atoms with E-state index in [1.807, 2.05) is 41.3 Å². The number of amides is 4. The van der Waals surface area contributed by atoms with E-state index in [2.05, 4.69) is 76.2 Å². The fourth-order valence-corrected chi connectivity index (χ4v) is 8.40. The number of anilines is 1. The lowest BCUT2D eigenvalue weighted by molar-refractivity contribution is -0.137. The molecule has 1 atom stereocenters. The third-order valence-electron chi connectivity index (χ3n) is 11.3.